The molecular formula is C17H26N2O2. The summed E-state index contributed by atoms with van der Waals surface area (Å²) >= 11 is 0. The number of benzene rings is 1. The van der Waals surface area contributed by atoms with Gasteiger partial charge in [-0.25, -0.2) is 0 Å². The van der Waals surface area contributed by atoms with Gasteiger partial charge < -0.3 is 10.1 Å². The van der Waals surface area contributed by atoms with Gasteiger partial charge in [0.25, 0.3) is 0 Å². The first-order valence-corrected chi connectivity index (χ1v) is 7.81. The number of hydrogen-bond donors (Lipinski definition) is 1. The lowest BCUT2D eigenvalue weighted by atomic mass is 10.2. The van der Waals surface area contributed by atoms with Crippen LogP contribution in [-0.4, -0.2) is 43.6 Å². The van der Waals surface area contributed by atoms with E-state index >= 15 is 0 Å². The lowest BCUT2D eigenvalue weighted by molar-refractivity contribution is -0.122. The lowest BCUT2D eigenvalue weighted by Gasteiger charge is -2.18. The fourth-order valence-electron chi connectivity index (χ4n) is 2.62. The second-order valence-electron chi connectivity index (χ2n) is 5.95. The third-order valence-electron chi connectivity index (χ3n) is 3.90. The summed E-state index contributed by atoms with van der Waals surface area (Å²) in [5, 5.41) is 3.10. The Morgan fingerprint density at radius 3 is 2.62 bits per heavy atom. The summed E-state index contributed by atoms with van der Waals surface area (Å²) in [5.74, 6) is 1.00. The molecule has 2 rings (SSSR count). The van der Waals surface area contributed by atoms with Crippen LogP contribution in [0.3, 0.4) is 0 Å². The summed E-state index contributed by atoms with van der Waals surface area (Å²) in [4.78, 5) is 13.9. The lowest BCUT2D eigenvalue weighted by Crippen LogP contribution is -2.40. The van der Waals surface area contributed by atoms with Crippen LogP contribution in [0.2, 0.25) is 0 Å². The standard InChI is InChI=1S/C17H26N2O2/c1-14-7-9-16(10-8-14)21-12-11-19(2)13-17(20)18-15-5-3-4-6-15/h7-10,15H,3-6,11-13H2,1-2H3,(H,18,20). The monoisotopic (exact) mass is 290 g/mol. The summed E-state index contributed by atoms with van der Waals surface area (Å²) < 4.78 is 5.67. The van der Waals surface area contributed by atoms with E-state index in [2.05, 4.69) is 12.2 Å². The largest absolute Gasteiger partial charge is 0.492 e. The number of aryl methyl sites for hydroxylation is 1. The maximum atomic E-state index is 11.9. The molecule has 116 valence electrons. The highest BCUT2D eigenvalue weighted by molar-refractivity contribution is 5.78. The second kappa shape index (κ2) is 8.03. The van der Waals surface area contributed by atoms with Crippen LogP contribution >= 0.6 is 0 Å². The van der Waals surface area contributed by atoms with Crippen LogP contribution in [0.1, 0.15) is 31.2 Å². The van der Waals surface area contributed by atoms with Crippen molar-refractivity contribution in [3.05, 3.63) is 29.8 Å². The maximum absolute atomic E-state index is 11.9. The maximum Gasteiger partial charge on any atom is 0.234 e. The number of likely N-dealkylation sites (N-methyl/N-ethyl adjacent to an activating group) is 1. The first-order valence-electron chi connectivity index (χ1n) is 7.81. The minimum atomic E-state index is 0.125. The number of nitrogens with zero attached hydrogens (tertiary/aromatic N) is 1. The van der Waals surface area contributed by atoms with Crippen molar-refractivity contribution in [2.24, 2.45) is 0 Å². The van der Waals surface area contributed by atoms with Crippen molar-refractivity contribution in [3.8, 4) is 5.75 Å². The highest BCUT2D eigenvalue weighted by Gasteiger charge is 2.17. The van der Waals surface area contributed by atoms with E-state index in [4.69, 9.17) is 4.74 Å². The average Bonchev–Trinajstić information content (AvgIpc) is 2.93. The Morgan fingerprint density at radius 1 is 1.29 bits per heavy atom. The predicted molar refractivity (Wildman–Crippen MR) is 84.6 cm³/mol. The molecule has 0 atom stereocenters. The summed E-state index contributed by atoms with van der Waals surface area (Å²) in [6, 6.07) is 8.42. The van der Waals surface area contributed by atoms with Crippen molar-refractivity contribution in [2.75, 3.05) is 26.7 Å². The second-order valence-corrected chi connectivity index (χ2v) is 5.95. The Bertz CT molecular complexity index is 439. The molecule has 1 N–H and O–H groups in total. The number of hydrogen-bond acceptors (Lipinski definition) is 3. The molecular weight excluding hydrogens is 264 g/mol. The van der Waals surface area contributed by atoms with Crippen molar-refractivity contribution in [1.29, 1.82) is 0 Å². The van der Waals surface area contributed by atoms with Crippen LogP contribution in [0.4, 0.5) is 0 Å². The summed E-state index contributed by atoms with van der Waals surface area (Å²) in [7, 11) is 1.95. The summed E-state index contributed by atoms with van der Waals surface area (Å²) in [6.07, 6.45) is 4.74. The summed E-state index contributed by atoms with van der Waals surface area (Å²) in [5.41, 5.74) is 1.23. The normalized spacial score (nSPS) is 15.4. The zero-order valence-corrected chi connectivity index (χ0v) is 13.1. The van der Waals surface area contributed by atoms with Gasteiger partial charge in [0.15, 0.2) is 0 Å². The average molecular weight is 290 g/mol. The Hall–Kier alpha value is -1.55. The van der Waals surface area contributed by atoms with Gasteiger partial charge in [-0.05, 0) is 38.9 Å². The predicted octanol–water partition coefficient (Wildman–Crippen LogP) is 2.36. The molecule has 0 saturated heterocycles. The zero-order chi connectivity index (χ0) is 15.1. The van der Waals surface area contributed by atoms with Crippen LogP contribution in [0.25, 0.3) is 0 Å². The molecule has 0 heterocycles. The Balaban J connectivity index is 1.61. The highest BCUT2D eigenvalue weighted by Crippen LogP contribution is 2.17. The molecule has 1 aliphatic carbocycles. The molecule has 0 radical (unpaired) electrons. The Kier molecular flexibility index (Phi) is 6.05. The van der Waals surface area contributed by atoms with Gasteiger partial charge in [-0.2, -0.15) is 0 Å². The van der Waals surface area contributed by atoms with E-state index < -0.39 is 0 Å². The highest BCUT2D eigenvalue weighted by atomic mass is 16.5. The molecule has 1 aromatic rings. The van der Waals surface area contributed by atoms with Crippen molar-refractivity contribution in [2.45, 2.75) is 38.6 Å². The van der Waals surface area contributed by atoms with Crippen molar-refractivity contribution >= 4 is 5.91 Å². The molecule has 21 heavy (non-hydrogen) atoms. The minimum Gasteiger partial charge on any atom is -0.492 e. The quantitative estimate of drug-likeness (QED) is 0.838. The number of rotatable bonds is 7. The number of carbonyl (C=O) groups excluding carboxylic acids is 1. The van der Waals surface area contributed by atoms with Crippen LogP contribution in [-0.2, 0) is 4.79 Å². The molecule has 0 aromatic heterocycles. The Morgan fingerprint density at radius 2 is 1.95 bits per heavy atom. The van der Waals surface area contributed by atoms with Gasteiger partial charge in [-0.1, -0.05) is 30.5 Å². The van der Waals surface area contributed by atoms with Gasteiger partial charge in [0, 0.05) is 12.6 Å². The van der Waals surface area contributed by atoms with E-state index in [-0.39, 0.29) is 5.91 Å². The number of ether oxygens (including phenoxy) is 1. The number of nitrogens with one attached hydrogen (secondary N) is 1. The van der Waals surface area contributed by atoms with Crippen molar-refractivity contribution in [3.63, 3.8) is 0 Å². The van der Waals surface area contributed by atoms with Gasteiger partial charge in [0.1, 0.15) is 12.4 Å². The molecule has 1 amide bonds. The zero-order valence-electron chi connectivity index (χ0n) is 13.1. The molecule has 0 aliphatic heterocycles. The fourth-order valence-corrected chi connectivity index (χ4v) is 2.62. The van der Waals surface area contributed by atoms with E-state index in [0.29, 0.717) is 19.2 Å². The van der Waals surface area contributed by atoms with Gasteiger partial charge in [-0.15, -0.1) is 0 Å². The van der Waals surface area contributed by atoms with Gasteiger partial charge in [0.2, 0.25) is 5.91 Å². The smallest absolute Gasteiger partial charge is 0.234 e. The molecule has 1 aromatic carbocycles. The molecule has 1 fully saturated rings. The minimum absolute atomic E-state index is 0.125. The van der Waals surface area contributed by atoms with Crippen molar-refractivity contribution < 1.29 is 9.53 Å². The van der Waals surface area contributed by atoms with Crippen LogP contribution in [0.5, 0.6) is 5.75 Å². The van der Waals surface area contributed by atoms with Crippen molar-refractivity contribution in [1.82, 2.24) is 10.2 Å². The molecule has 1 saturated carbocycles. The van der Waals surface area contributed by atoms with Gasteiger partial charge >= 0.3 is 0 Å². The van der Waals surface area contributed by atoms with Crippen LogP contribution in [0.15, 0.2) is 24.3 Å². The first-order chi connectivity index (χ1) is 10.1. The fraction of sp³-hybridized carbons (Fsp3) is 0.588. The van der Waals surface area contributed by atoms with Crippen LogP contribution in [0, 0.1) is 6.92 Å². The molecule has 0 spiro atoms. The van der Waals surface area contributed by atoms with E-state index in [1.165, 1.54) is 18.4 Å². The third-order valence-corrected chi connectivity index (χ3v) is 3.90. The third kappa shape index (κ3) is 5.76. The van der Waals surface area contributed by atoms with E-state index in [1.807, 2.05) is 36.2 Å². The van der Waals surface area contributed by atoms with Gasteiger partial charge in [0.05, 0.1) is 6.54 Å². The first kappa shape index (κ1) is 15.8. The van der Waals surface area contributed by atoms with Crippen LogP contribution < -0.4 is 10.1 Å². The molecule has 1 aliphatic rings. The molecule has 4 nitrogen and oxygen atoms in total. The van der Waals surface area contributed by atoms with E-state index in [0.717, 1.165) is 25.1 Å². The summed E-state index contributed by atoms with van der Waals surface area (Å²) in [6.45, 7) is 3.83. The van der Waals surface area contributed by atoms with E-state index in [9.17, 15) is 4.79 Å². The number of amides is 1. The molecule has 0 bridgehead atoms. The van der Waals surface area contributed by atoms with Gasteiger partial charge in [-0.3, -0.25) is 9.69 Å². The molecule has 4 heteroatoms. The van der Waals surface area contributed by atoms with E-state index in [1.54, 1.807) is 0 Å². The topological polar surface area (TPSA) is 41.6 Å². The SMILES string of the molecule is Cc1ccc(OCCN(C)CC(=O)NC2CCCC2)cc1. The molecule has 0 unspecified atom stereocenters. The Labute approximate surface area is 127 Å². The number of carbonyl (C=O) groups is 1.